The van der Waals surface area contributed by atoms with Crippen molar-refractivity contribution in [3.63, 3.8) is 0 Å². The third-order valence-corrected chi connectivity index (χ3v) is 2.58. The van der Waals surface area contributed by atoms with Gasteiger partial charge in [-0.25, -0.2) is 0 Å². The van der Waals surface area contributed by atoms with E-state index in [-0.39, 0.29) is 0 Å². The molecular weight excluding hydrogens is 206 g/mol. The van der Waals surface area contributed by atoms with Crippen molar-refractivity contribution in [2.24, 2.45) is 0 Å². The molecule has 0 aliphatic heterocycles. The van der Waals surface area contributed by atoms with E-state index in [9.17, 15) is 0 Å². The van der Waals surface area contributed by atoms with Crippen LogP contribution in [0.1, 0.15) is 5.56 Å². The Bertz CT molecular complexity index is 427. The first-order chi connectivity index (χ1) is 6.25. The predicted molar refractivity (Wildman–Crippen MR) is 52.9 cm³/mol. The Balaban J connectivity index is 2.46. The molecule has 0 unspecified atom stereocenters. The minimum atomic E-state index is 0.443. The van der Waals surface area contributed by atoms with Crippen LogP contribution in [0.5, 0.6) is 0 Å². The lowest BCUT2D eigenvalue weighted by Gasteiger charge is -1.94. The Morgan fingerprint density at radius 1 is 1.38 bits per heavy atom. The Labute approximate surface area is 84.4 Å². The normalized spacial score (nSPS) is 10.3. The SMILES string of the molecule is Cc1ccnc(-c2nnc(Cl)s2)c1. The molecule has 2 aromatic rings. The molecule has 5 heteroatoms. The second kappa shape index (κ2) is 3.40. The van der Waals surface area contributed by atoms with E-state index in [0.717, 1.165) is 16.3 Å². The molecule has 2 rings (SSSR count). The summed E-state index contributed by atoms with van der Waals surface area (Å²) in [6, 6.07) is 3.89. The van der Waals surface area contributed by atoms with Crippen LogP contribution in [0.2, 0.25) is 4.47 Å². The van der Waals surface area contributed by atoms with Crippen LogP contribution < -0.4 is 0 Å². The van der Waals surface area contributed by atoms with E-state index >= 15 is 0 Å². The molecule has 2 heterocycles. The van der Waals surface area contributed by atoms with Crippen LogP contribution in [0.25, 0.3) is 10.7 Å². The number of aromatic nitrogens is 3. The van der Waals surface area contributed by atoms with E-state index in [2.05, 4.69) is 15.2 Å². The highest BCUT2D eigenvalue weighted by molar-refractivity contribution is 7.18. The molecule has 2 aromatic heterocycles. The molecule has 0 atom stereocenters. The smallest absolute Gasteiger partial charge is 0.207 e. The molecule has 66 valence electrons. The maximum Gasteiger partial charge on any atom is 0.207 e. The maximum absolute atomic E-state index is 5.67. The molecule has 0 aliphatic carbocycles. The molecule has 0 amide bonds. The van der Waals surface area contributed by atoms with Crippen LogP contribution in [0.4, 0.5) is 0 Å². The number of rotatable bonds is 1. The first-order valence-corrected chi connectivity index (χ1v) is 4.87. The quantitative estimate of drug-likeness (QED) is 0.728. The van der Waals surface area contributed by atoms with Gasteiger partial charge in [0.1, 0.15) is 5.69 Å². The van der Waals surface area contributed by atoms with Crippen molar-refractivity contribution in [3.05, 3.63) is 28.4 Å². The summed E-state index contributed by atoms with van der Waals surface area (Å²) in [6.45, 7) is 2.01. The van der Waals surface area contributed by atoms with E-state index in [0.29, 0.717) is 4.47 Å². The summed E-state index contributed by atoms with van der Waals surface area (Å²) in [5, 5.41) is 8.38. The third-order valence-electron chi connectivity index (χ3n) is 1.53. The highest BCUT2D eigenvalue weighted by Crippen LogP contribution is 2.24. The largest absolute Gasteiger partial charge is 0.254 e. The fourth-order valence-corrected chi connectivity index (χ4v) is 1.76. The average Bonchev–Trinajstić information content (AvgIpc) is 2.52. The van der Waals surface area contributed by atoms with Gasteiger partial charge in [0.05, 0.1) is 0 Å². The highest BCUT2D eigenvalue weighted by Gasteiger charge is 2.05. The van der Waals surface area contributed by atoms with Gasteiger partial charge in [0.25, 0.3) is 0 Å². The number of pyridine rings is 1. The van der Waals surface area contributed by atoms with E-state index in [1.54, 1.807) is 6.20 Å². The van der Waals surface area contributed by atoms with E-state index < -0.39 is 0 Å². The van der Waals surface area contributed by atoms with Crippen molar-refractivity contribution >= 4 is 22.9 Å². The summed E-state index contributed by atoms with van der Waals surface area (Å²) in [4.78, 5) is 4.17. The molecule has 0 N–H and O–H groups in total. The molecule has 0 saturated carbocycles. The van der Waals surface area contributed by atoms with Gasteiger partial charge in [-0.05, 0) is 36.2 Å². The number of nitrogens with zero attached hydrogens (tertiary/aromatic N) is 3. The van der Waals surface area contributed by atoms with Gasteiger partial charge in [-0.3, -0.25) is 4.98 Å². The van der Waals surface area contributed by atoms with Crippen molar-refractivity contribution in [2.75, 3.05) is 0 Å². The molecule has 13 heavy (non-hydrogen) atoms. The summed E-state index contributed by atoms with van der Waals surface area (Å²) >= 11 is 7.00. The number of hydrogen-bond donors (Lipinski definition) is 0. The topological polar surface area (TPSA) is 38.7 Å². The molecule has 3 nitrogen and oxygen atoms in total. The summed E-state index contributed by atoms with van der Waals surface area (Å²) in [7, 11) is 0. The van der Waals surface area contributed by atoms with Gasteiger partial charge in [-0.15, -0.1) is 10.2 Å². The van der Waals surface area contributed by atoms with Gasteiger partial charge in [0.2, 0.25) is 4.47 Å². The van der Waals surface area contributed by atoms with Gasteiger partial charge in [-0.2, -0.15) is 0 Å². The Morgan fingerprint density at radius 2 is 2.23 bits per heavy atom. The molecule has 0 aromatic carbocycles. The second-order valence-electron chi connectivity index (χ2n) is 2.58. The summed E-state index contributed by atoms with van der Waals surface area (Å²) in [6.07, 6.45) is 1.75. The van der Waals surface area contributed by atoms with E-state index in [1.807, 2.05) is 19.1 Å². The zero-order valence-electron chi connectivity index (χ0n) is 6.86. The first-order valence-electron chi connectivity index (χ1n) is 3.68. The molecule has 0 radical (unpaired) electrons. The lowest BCUT2D eigenvalue weighted by molar-refractivity contribution is 1.08. The molecule has 0 aliphatic rings. The van der Waals surface area contributed by atoms with Crippen molar-refractivity contribution in [2.45, 2.75) is 6.92 Å². The molecule has 0 saturated heterocycles. The van der Waals surface area contributed by atoms with Gasteiger partial charge in [0, 0.05) is 6.20 Å². The van der Waals surface area contributed by atoms with Crippen molar-refractivity contribution in [1.29, 1.82) is 0 Å². The van der Waals surface area contributed by atoms with Gasteiger partial charge < -0.3 is 0 Å². The molecular formula is C8H6ClN3S. The van der Waals surface area contributed by atoms with Gasteiger partial charge in [-0.1, -0.05) is 11.3 Å². The minimum absolute atomic E-state index is 0.443. The zero-order chi connectivity index (χ0) is 9.26. The lowest BCUT2D eigenvalue weighted by atomic mass is 10.2. The van der Waals surface area contributed by atoms with Crippen molar-refractivity contribution in [3.8, 4) is 10.7 Å². The van der Waals surface area contributed by atoms with Crippen LogP contribution in [0.3, 0.4) is 0 Å². The molecule has 0 spiro atoms. The fraction of sp³-hybridized carbons (Fsp3) is 0.125. The minimum Gasteiger partial charge on any atom is -0.254 e. The van der Waals surface area contributed by atoms with Gasteiger partial charge >= 0.3 is 0 Å². The number of aryl methyl sites for hydroxylation is 1. The third kappa shape index (κ3) is 1.84. The lowest BCUT2D eigenvalue weighted by Crippen LogP contribution is -1.83. The predicted octanol–water partition coefficient (Wildman–Crippen LogP) is 2.56. The Morgan fingerprint density at radius 3 is 2.85 bits per heavy atom. The Kier molecular flexibility index (Phi) is 2.24. The number of halogens is 1. The number of hydrogen-bond acceptors (Lipinski definition) is 4. The van der Waals surface area contributed by atoms with Crippen LogP contribution in [-0.2, 0) is 0 Å². The van der Waals surface area contributed by atoms with Crippen molar-refractivity contribution < 1.29 is 0 Å². The highest BCUT2D eigenvalue weighted by atomic mass is 35.5. The summed E-state index contributed by atoms with van der Waals surface area (Å²) in [5.74, 6) is 0. The van der Waals surface area contributed by atoms with E-state index in [1.165, 1.54) is 11.3 Å². The monoisotopic (exact) mass is 211 g/mol. The standard InChI is InChI=1S/C8H6ClN3S/c1-5-2-3-10-6(4-5)7-11-12-8(9)13-7/h2-4H,1H3. The van der Waals surface area contributed by atoms with Crippen LogP contribution in [0, 0.1) is 6.92 Å². The van der Waals surface area contributed by atoms with Crippen LogP contribution in [-0.4, -0.2) is 15.2 Å². The van der Waals surface area contributed by atoms with E-state index in [4.69, 9.17) is 11.6 Å². The molecule has 0 bridgehead atoms. The van der Waals surface area contributed by atoms with Crippen molar-refractivity contribution in [1.82, 2.24) is 15.2 Å². The summed E-state index contributed by atoms with van der Waals surface area (Å²) < 4.78 is 0.443. The summed E-state index contributed by atoms with van der Waals surface area (Å²) in [5.41, 5.74) is 1.97. The van der Waals surface area contributed by atoms with Crippen LogP contribution in [0.15, 0.2) is 18.3 Å². The first kappa shape index (κ1) is 8.59. The zero-order valence-corrected chi connectivity index (χ0v) is 8.43. The maximum atomic E-state index is 5.67. The average molecular weight is 212 g/mol. The second-order valence-corrected chi connectivity index (χ2v) is 4.14. The van der Waals surface area contributed by atoms with Gasteiger partial charge in [0.15, 0.2) is 5.01 Å². The Hall–Kier alpha value is -1.000. The molecule has 0 fully saturated rings. The fourth-order valence-electron chi connectivity index (χ4n) is 0.962. The van der Waals surface area contributed by atoms with Crippen LogP contribution >= 0.6 is 22.9 Å².